The van der Waals surface area contributed by atoms with Gasteiger partial charge in [0.1, 0.15) is 34.4 Å². The number of nitrogens with zero attached hydrogens (tertiary/aromatic N) is 2. The van der Waals surface area contributed by atoms with Crippen LogP contribution in [0.4, 0.5) is 13.2 Å². The van der Waals surface area contributed by atoms with Crippen LogP contribution in [0.25, 0.3) is 0 Å². The largest absolute Gasteiger partial charge is 0.371 e. The first kappa shape index (κ1) is 20.7. The van der Waals surface area contributed by atoms with Gasteiger partial charge in [-0.05, 0) is 12.8 Å². The van der Waals surface area contributed by atoms with Crippen LogP contribution < -0.4 is 10.7 Å². The van der Waals surface area contributed by atoms with Gasteiger partial charge in [0.2, 0.25) is 0 Å². The molecule has 32 heavy (non-hydrogen) atoms. The Bertz CT molecular complexity index is 1190. The van der Waals surface area contributed by atoms with Crippen molar-refractivity contribution in [2.24, 2.45) is 0 Å². The van der Waals surface area contributed by atoms with Gasteiger partial charge in [0.15, 0.2) is 11.7 Å². The van der Waals surface area contributed by atoms with Gasteiger partial charge < -0.3 is 19.7 Å². The summed E-state index contributed by atoms with van der Waals surface area (Å²) in [6.45, 7) is -0.507. The van der Waals surface area contributed by atoms with Gasteiger partial charge in [0.25, 0.3) is 11.8 Å². The fraction of sp³-hybridized carbons (Fsp3) is 0.381. The third-order valence-corrected chi connectivity index (χ3v) is 6.20. The molecule has 1 saturated carbocycles. The van der Waals surface area contributed by atoms with E-state index in [4.69, 9.17) is 4.74 Å². The Morgan fingerprint density at radius 2 is 1.94 bits per heavy atom. The number of benzene rings is 1. The molecule has 2 aromatic rings. The average molecular weight is 449 g/mol. The topological polar surface area (TPSA) is 101 Å². The maximum atomic E-state index is 13.8. The van der Waals surface area contributed by atoms with Gasteiger partial charge in [-0.2, -0.15) is 0 Å². The molecule has 0 radical (unpaired) electrons. The molecule has 3 atom stereocenters. The van der Waals surface area contributed by atoms with Crippen molar-refractivity contribution in [1.29, 1.82) is 0 Å². The van der Waals surface area contributed by atoms with Gasteiger partial charge in [0.05, 0.1) is 12.6 Å². The molecule has 168 valence electrons. The van der Waals surface area contributed by atoms with Gasteiger partial charge in [-0.15, -0.1) is 0 Å². The number of aromatic nitrogens is 1. The lowest BCUT2D eigenvalue weighted by atomic mass is 10.0. The van der Waals surface area contributed by atoms with Crippen molar-refractivity contribution in [3.8, 4) is 0 Å². The number of carbonyl (C=O) groups is 2. The fourth-order valence-electron chi connectivity index (χ4n) is 4.67. The molecule has 2 amide bonds. The number of pyridine rings is 1. The molecular formula is C21H18F3N3O5. The lowest BCUT2D eigenvalue weighted by molar-refractivity contribution is -0.221. The third kappa shape index (κ3) is 3.19. The molecule has 1 aliphatic carbocycles. The molecule has 5 rings (SSSR count). The maximum Gasteiger partial charge on any atom is 0.274 e. The molecular weight excluding hydrogens is 431 g/mol. The second kappa shape index (κ2) is 7.17. The molecule has 8 nitrogen and oxygen atoms in total. The van der Waals surface area contributed by atoms with E-state index < -0.39 is 58.8 Å². The SMILES string of the molecule is O=C(NCc1c(F)cc(F)cc1F)c1cn2c(cc1=O)C(=O)N1[C@@H](C2)O[C@@H]2CC[C@]1(O)C2. The highest BCUT2D eigenvalue weighted by atomic mass is 19.1. The monoisotopic (exact) mass is 449 g/mol. The zero-order valence-corrected chi connectivity index (χ0v) is 16.6. The Hall–Kier alpha value is -3.18. The lowest BCUT2D eigenvalue weighted by Gasteiger charge is -2.48. The van der Waals surface area contributed by atoms with Crippen molar-refractivity contribution in [1.82, 2.24) is 14.8 Å². The van der Waals surface area contributed by atoms with E-state index in [0.717, 1.165) is 6.07 Å². The van der Waals surface area contributed by atoms with Crippen LogP contribution in [0, 0.1) is 17.5 Å². The molecule has 2 fully saturated rings. The van der Waals surface area contributed by atoms with E-state index in [9.17, 15) is 32.7 Å². The predicted molar refractivity (Wildman–Crippen MR) is 102 cm³/mol. The van der Waals surface area contributed by atoms with E-state index >= 15 is 0 Å². The van der Waals surface area contributed by atoms with E-state index in [1.807, 2.05) is 0 Å². The first-order valence-electron chi connectivity index (χ1n) is 10.0. The fourth-order valence-corrected chi connectivity index (χ4v) is 4.67. The molecule has 11 heteroatoms. The highest BCUT2D eigenvalue weighted by molar-refractivity contribution is 5.97. The number of rotatable bonds is 3. The molecule has 0 spiro atoms. The van der Waals surface area contributed by atoms with Crippen molar-refractivity contribution in [2.45, 2.75) is 50.4 Å². The Kier molecular flexibility index (Phi) is 4.64. The summed E-state index contributed by atoms with van der Waals surface area (Å²) in [5.74, 6) is -4.92. The van der Waals surface area contributed by atoms with Gasteiger partial charge in [0, 0.05) is 42.9 Å². The second-order valence-electron chi connectivity index (χ2n) is 8.23. The van der Waals surface area contributed by atoms with Crippen LogP contribution in [0.3, 0.4) is 0 Å². The number of nitrogens with one attached hydrogen (secondary N) is 1. The summed E-state index contributed by atoms with van der Waals surface area (Å²) >= 11 is 0. The number of hydrogen-bond donors (Lipinski definition) is 2. The molecule has 0 unspecified atom stereocenters. The van der Waals surface area contributed by atoms with Gasteiger partial charge >= 0.3 is 0 Å². The van der Waals surface area contributed by atoms with Crippen LogP contribution in [-0.4, -0.2) is 44.4 Å². The third-order valence-electron chi connectivity index (χ3n) is 6.20. The molecule has 2 bridgehead atoms. The first-order valence-corrected chi connectivity index (χ1v) is 10.0. The summed E-state index contributed by atoms with van der Waals surface area (Å²) in [5, 5.41) is 13.1. The molecule has 1 saturated heterocycles. The van der Waals surface area contributed by atoms with Crippen molar-refractivity contribution < 1.29 is 32.6 Å². The van der Waals surface area contributed by atoms with Gasteiger partial charge in [-0.3, -0.25) is 19.3 Å². The summed E-state index contributed by atoms with van der Waals surface area (Å²) in [7, 11) is 0. The first-order chi connectivity index (χ1) is 15.2. The highest BCUT2D eigenvalue weighted by Gasteiger charge is 2.55. The molecule has 3 aliphatic rings. The van der Waals surface area contributed by atoms with E-state index in [1.54, 1.807) is 0 Å². The lowest BCUT2D eigenvalue weighted by Crippen LogP contribution is -2.63. The number of ether oxygens (including phenoxy) is 1. The van der Waals surface area contributed by atoms with E-state index in [1.165, 1.54) is 15.7 Å². The Labute approximate surface area is 179 Å². The van der Waals surface area contributed by atoms with E-state index in [2.05, 4.69) is 5.32 Å². The van der Waals surface area contributed by atoms with Crippen LogP contribution in [0.5, 0.6) is 0 Å². The quantitative estimate of drug-likeness (QED) is 0.735. The second-order valence-corrected chi connectivity index (χ2v) is 8.23. The summed E-state index contributed by atoms with van der Waals surface area (Å²) in [5.41, 5.74) is -2.99. The highest BCUT2D eigenvalue weighted by Crippen LogP contribution is 2.43. The zero-order chi connectivity index (χ0) is 22.8. The molecule has 1 aromatic heterocycles. The summed E-state index contributed by atoms with van der Waals surface area (Å²) in [6, 6.07) is 1.97. The van der Waals surface area contributed by atoms with Crippen LogP contribution in [0.2, 0.25) is 0 Å². The summed E-state index contributed by atoms with van der Waals surface area (Å²) in [6.07, 6.45) is 1.54. The Morgan fingerprint density at radius 3 is 2.66 bits per heavy atom. The minimum atomic E-state index is -1.33. The number of hydrogen-bond acceptors (Lipinski definition) is 5. The van der Waals surface area contributed by atoms with Crippen molar-refractivity contribution in [2.75, 3.05) is 0 Å². The van der Waals surface area contributed by atoms with Crippen LogP contribution in [0.15, 0.2) is 29.2 Å². The molecule has 1 aromatic carbocycles. The maximum absolute atomic E-state index is 13.8. The molecule has 2 aliphatic heterocycles. The van der Waals surface area contributed by atoms with Crippen LogP contribution in [0.1, 0.15) is 45.7 Å². The van der Waals surface area contributed by atoms with E-state index in [0.29, 0.717) is 31.4 Å². The van der Waals surface area contributed by atoms with Crippen molar-refractivity contribution >= 4 is 11.8 Å². The normalized spacial score (nSPS) is 26.0. The Morgan fingerprint density at radius 1 is 1.22 bits per heavy atom. The van der Waals surface area contributed by atoms with Gasteiger partial charge in [-0.1, -0.05) is 0 Å². The average Bonchev–Trinajstić information content (AvgIpc) is 3.02. The molecule has 3 heterocycles. The minimum Gasteiger partial charge on any atom is -0.371 e. The number of amides is 2. The van der Waals surface area contributed by atoms with Crippen LogP contribution >= 0.6 is 0 Å². The van der Waals surface area contributed by atoms with Crippen molar-refractivity contribution in [3.63, 3.8) is 0 Å². The predicted octanol–water partition coefficient (Wildman–Crippen LogP) is 1.25. The van der Waals surface area contributed by atoms with E-state index in [-0.39, 0.29) is 23.9 Å². The zero-order valence-electron chi connectivity index (χ0n) is 16.6. The Balaban J connectivity index is 1.41. The van der Waals surface area contributed by atoms with Gasteiger partial charge in [-0.25, -0.2) is 13.2 Å². The number of halogens is 3. The number of aliphatic hydroxyl groups is 1. The smallest absolute Gasteiger partial charge is 0.274 e. The number of carbonyl (C=O) groups excluding carboxylic acids is 2. The standard InChI is InChI=1S/C21H18F3N3O5/c22-10-3-14(23)12(15(24)4-10)7-25-19(29)13-8-26-9-18-27(20(30)16(26)5-17(13)28)21(31)2-1-11(6-21)32-18/h3-5,8,11,18,31H,1-2,6-7,9H2,(H,25,29)/t11-,18-,21+/m1/s1. The molecule has 2 N–H and O–H groups in total. The van der Waals surface area contributed by atoms with Crippen molar-refractivity contribution in [3.05, 3.63) is 68.9 Å². The van der Waals surface area contributed by atoms with Crippen LogP contribution in [-0.2, 0) is 17.8 Å². The minimum absolute atomic E-state index is 0.000739. The number of fused-ring (bicyclic) bond motifs is 5. The summed E-state index contributed by atoms with van der Waals surface area (Å²) in [4.78, 5) is 39.3. The summed E-state index contributed by atoms with van der Waals surface area (Å²) < 4.78 is 47.9.